The Bertz CT molecular complexity index is 408. The van der Waals surface area contributed by atoms with Gasteiger partial charge < -0.3 is 14.4 Å². The summed E-state index contributed by atoms with van der Waals surface area (Å²) >= 11 is 0. The lowest BCUT2D eigenvalue weighted by Crippen LogP contribution is -2.26. The number of aromatic nitrogens is 2. The van der Waals surface area contributed by atoms with Crippen molar-refractivity contribution in [1.82, 2.24) is 9.97 Å². The van der Waals surface area contributed by atoms with Gasteiger partial charge in [0.2, 0.25) is 5.75 Å². The van der Waals surface area contributed by atoms with E-state index in [-0.39, 0.29) is 17.6 Å². The monoisotopic (exact) mass is 256 g/mol. The van der Waals surface area contributed by atoms with Crippen LogP contribution in [0.15, 0.2) is 6.20 Å². The highest BCUT2D eigenvalue weighted by molar-refractivity contribution is 5.32. The van der Waals surface area contributed by atoms with Crippen LogP contribution in [0.5, 0.6) is 17.6 Å². The molecule has 1 aromatic heterocycles. The molecule has 0 fully saturated rings. The molecule has 0 radical (unpaired) electrons. The summed E-state index contributed by atoms with van der Waals surface area (Å²) < 4.78 is 11.1. The molecule has 1 aromatic rings. The Morgan fingerprint density at radius 1 is 1.00 bits per heavy atom. The Kier molecular flexibility index (Phi) is 4.01. The molecule has 0 saturated heterocycles. The summed E-state index contributed by atoms with van der Waals surface area (Å²) in [6.07, 6.45) is 1.30. The van der Waals surface area contributed by atoms with Gasteiger partial charge in [0.25, 0.3) is 5.88 Å². The molecule has 0 atom stereocenters. The zero-order valence-electron chi connectivity index (χ0n) is 11.6. The molecule has 6 heteroatoms. The molecule has 1 rings (SSSR count). The molecule has 1 heterocycles. The van der Waals surface area contributed by atoms with E-state index in [0.29, 0.717) is 0 Å². The topological polar surface area (TPSA) is 73.7 Å². The van der Waals surface area contributed by atoms with Crippen LogP contribution in [-0.4, -0.2) is 26.4 Å². The zero-order chi connectivity index (χ0) is 14.0. The van der Waals surface area contributed by atoms with Crippen molar-refractivity contribution in [3.05, 3.63) is 6.20 Å². The van der Waals surface area contributed by atoms with Gasteiger partial charge in [-0.3, -0.25) is 0 Å². The molecule has 1 N–H and O–H groups in total. The average molecular weight is 256 g/mol. The van der Waals surface area contributed by atoms with Crippen molar-refractivity contribution in [2.24, 2.45) is 0 Å². The lowest BCUT2D eigenvalue weighted by Gasteiger charge is -2.23. The van der Waals surface area contributed by atoms with Crippen molar-refractivity contribution in [2.75, 3.05) is 0 Å². The maximum atomic E-state index is 8.74. The first-order chi connectivity index (χ1) is 8.11. The van der Waals surface area contributed by atoms with Crippen LogP contribution in [0, 0.1) is 0 Å². The van der Waals surface area contributed by atoms with Crippen LogP contribution in [0.3, 0.4) is 0 Å². The minimum atomic E-state index is -0.472. The minimum absolute atomic E-state index is 0.0474. The Morgan fingerprint density at radius 2 is 1.56 bits per heavy atom. The van der Waals surface area contributed by atoms with Gasteiger partial charge in [0, 0.05) is 0 Å². The minimum Gasteiger partial charge on any atom is -0.469 e. The maximum absolute atomic E-state index is 8.74. The summed E-state index contributed by atoms with van der Waals surface area (Å²) in [7, 11) is 0. The van der Waals surface area contributed by atoms with E-state index in [0.717, 1.165) is 0 Å². The standard InChI is InChI=1S/C12H20N2O4/c1-11(2,3)16-9-8(18-15)7-13-10(14-9)17-12(4,5)6/h7,15H,1-6H3. The average Bonchev–Trinajstić information content (AvgIpc) is 2.12. The lowest BCUT2D eigenvalue weighted by molar-refractivity contribution is -0.141. The first kappa shape index (κ1) is 14.5. The fourth-order valence-corrected chi connectivity index (χ4v) is 1.09. The number of hydrogen-bond acceptors (Lipinski definition) is 6. The van der Waals surface area contributed by atoms with Crippen LogP contribution in [0.1, 0.15) is 41.5 Å². The lowest BCUT2D eigenvalue weighted by atomic mass is 10.2. The van der Waals surface area contributed by atoms with Crippen molar-refractivity contribution in [3.63, 3.8) is 0 Å². The molecule has 0 saturated carbocycles. The van der Waals surface area contributed by atoms with Crippen molar-refractivity contribution >= 4 is 0 Å². The zero-order valence-corrected chi connectivity index (χ0v) is 11.6. The van der Waals surface area contributed by atoms with Crippen LogP contribution in [0.4, 0.5) is 0 Å². The van der Waals surface area contributed by atoms with Crippen molar-refractivity contribution in [2.45, 2.75) is 52.7 Å². The molecule has 6 nitrogen and oxygen atoms in total. The van der Waals surface area contributed by atoms with E-state index in [1.54, 1.807) is 0 Å². The molecule has 0 bridgehead atoms. The van der Waals surface area contributed by atoms with E-state index in [2.05, 4.69) is 14.9 Å². The van der Waals surface area contributed by atoms with Gasteiger partial charge in [-0.1, -0.05) is 0 Å². The van der Waals surface area contributed by atoms with Crippen molar-refractivity contribution in [1.29, 1.82) is 0 Å². The van der Waals surface area contributed by atoms with Gasteiger partial charge in [-0.15, -0.1) is 0 Å². The molecule has 0 aliphatic carbocycles. The largest absolute Gasteiger partial charge is 0.469 e. The van der Waals surface area contributed by atoms with Crippen LogP contribution in [-0.2, 0) is 0 Å². The molecule has 0 amide bonds. The SMILES string of the molecule is CC(C)(C)Oc1ncc(OO)c(OC(C)(C)C)n1. The molecular weight excluding hydrogens is 236 g/mol. The van der Waals surface area contributed by atoms with Crippen LogP contribution in [0.25, 0.3) is 0 Å². The Balaban J connectivity index is 3.02. The smallest absolute Gasteiger partial charge is 0.320 e. The second kappa shape index (κ2) is 4.97. The third-order valence-corrected chi connectivity index (χ3v) is 1.60. The summed E-state index contributed by atoms with van der Waals surface area (Å²) in [6.45, 7) is 11.2. The number of nitrogens with zero attached hydrogens (tertiary/aromatic N) is 2. The van der Waals surface area contributed by atoms with Gasteiger partial charge >= 0.3 is 6.01 Å². The molecule has 102 valence electrons. The van der Waals surface area contributed by atoms with Crippen LogP contribution >= 0.6 is 0 Å². The van der Waals surface area contributed by atoms with Gasteiger partial charge in [-0.25, -0.2) is 5.26 Å². The van der Waals surface area contributed by atoms with E-state index in [1.165, 1.54) is 6.20 Å². The molecule has 0 spiro atoms. The highest BCUT2D eigenvalue weighted by Crippen LogP contribution is 2.29. The van der Waals surface area contributed by atoms with Gasteiger partial charge in [-0.05, 0) is 41.5 Å². The quantitative estimate of drug-likeness (QED) is 0.662. The van der Waals surface area contributed by atoms with Gasteiger partial charge in [-0.2, -0.15) is 9.97 Å². The Labute approximate surface area is 107 Å². The van der Waals surface area contributed by atoms with Crippen molar-refractivity contribution < 1.29 is 19.6 Å². The van der Waals surface area contributed by atoms with E-state index in [9.17, 15) is 0 Å². The first-order valence-electron chi connectivity index (χ1n) is 5.67. The van der Waals surface area contributed by atoms with Gasteiger partial charge in [0.05, 0.1) is 6.20 Å². The summed E-state index contributed by atoms with van der Waals surface area (Å²) in [4.78, 5) is 12.2. The Hall–Kier alpha value is -1.56. The molecule has 0 aliphatic rings. The third kappa shape index (κ3) is 4.75. The predicted octanol–water partition coefficient (Wildman–Crippen LogP) is 2.68. The second-order valence-electron chi connectivity index (χ2n) is 5.84. The summed E-state index contributed by atoms with van der Waals surface area (Å²) in [5, 5.41) is 8.74. The van der Waals surface area contributed by atoms with Crippen LogP contribution < -0.4 is 14.4 Å². The van der Waals surface area contributed by atoms with E-state index < -0.39 is 11.2 Å². The number of hydrogen-bond donors (Lipinski definition) is 1. The van der Waals surface area contributed by atoms with Gasteiger partial charge in [0.15, 0.2) is 0 Å². The second-order valence-corrected chi connectivity index (χ2v) is 5.84. The van der Waals surface area contributed by atoms with E-state index in [1.807, 2.05) is 41.5 Å². The van der Waals surface area contributed by atoms with Gasteiger partial charge in [0.1, 0.15) is 11.2 Å². The number of rotatable bonds is 3. The Morgan fingerprint density at radius 3 is 2.00 bits per heavy atom. The highest BCUT2D eigenvalue weighted by Gasteiger charge is 2.21. The molecule has 0 aliphatic heterocycles. The fraction of sp³-hybridized carbons (Fsp3) is 0.667. The molecule has 0 aromatic carbocycles. The normalized spacial score (nSPS) is 12.2. The van der Waals surface area contributed by atoms with E-state index >= 15 is 0 Å². The molecular formula is C12H20N2O4. The van der Waals surface area contributed by atoms with E-state index in [4.69, 9.17) is 14.7 Å². The highest BCUT2D eigenvalue weighted by atomic mass is 17.1. The summed E-state index contributed by atoms with van der Waals surface area (Å²) in [5.41, 5.74) is -0.888. The first-order valence-corrected chi connectivity index (χ1v) is 5.67. The maximum Gasteiger partial charge on any atom is 0.320 e. The third-order valence-electron chi connectivity index (χ3n) is 1.60. The summed E-state index contributed by atoms with van der Waals surface area (Å²) in [6, 6.07) is 0.169. The number of ether oxygens (including phenoxy) is 2. The van der Waals surface area contributed by atoms with Crippen LogP contribution in [0.2, 0.25) is 0 Å². The predicted molar refractivity (Wildman–Crippen MR) is 66.1 cm³/mol. The molecule has 0 unspecified atom stereocenters. The molecule has 18 heavy (non-hydrogen) atoms. The fourth-order valence-electron chi connectivity index (χ4n) is 1.09. The summed E-state index contributed by atoms with van der Waals surface area (Å²) in [5.74, 6) is 0.186. The van der Waals surface area contributed by atoms with Crippen molar-refractivity contribution in [3.8, 4) is 17.6 Å².